The topological polar surface area (TPSA) is 73.1 Å². The van der Waals surface area contributed by atoms with E-state index in [1.165, 1.54) is 0 Å². The van der Waals surface area contributed by atoms with E-state index in [0.29, 0.717) is 30.5 Å². The highest BCUT2D eigenvalue weighted by molar-refractivity contribution is 7.91. The lowest BCUT2D eigenvalue weighted by Gasteiger charge is -1.98. The predicted octanol–water partition coefficient (Wildman–Crippen LogP) is 1.14. The molecule has 1 aromatic heterocycles. The quantitative estimate of drug-likeness (QED) is 0.763. The number of hydrogen-bond donors (Lipinski definition) is 0. The SMILES string of the molecule is O=S1(=O)CCC(c2nnc(CCCCl)o2)C1. The van der Waals surface area contributed by atoms with Crippen LogP contribution in [-0.4, -0.2) is 36.0 Å². The fourth-order valence-corrected chi connectivity index (χ4v) is 3.61. The van der Waals surface area contributed by atoms with E-state index in [1.807, 2.05) is 0 Å². The molecular weight excluding hydrogens is 252 g/mol. The lowest BCUT2D eigenvalue weighted by molar-refractivity contribution is 0.424. The average molecular weight is 265 g/mol. The summed E-state index contributed by atoms with van der Waals surface area (Å²) in [7, 11) is -2.90. The summed E-state index contributed by atoms with van der Waals surface area (Å²) in [5.41, 5.74) is 0. The Labute approximate surface area is 99.1 Å². The van der Waals surface area contributed by atoms with E-state index >= 15 is 0 Å². The van der Waals surface area contributed by atoms with Crippen molar-refractivity contribution in [2.24, 2.45) is 0 Å². The second-order valence-corrected chi connectivity index (χ2v) is 6.53. The summed E-state index contributed by atoms with van der Waals surface area (Å²) < 4.78 is 28.0. The van der Waals surface area contributed by atoms with E-state index in [9.17, 15) is 8.42 Å². The molecule has 1 atom stereocenters. The molecule has 0 bridgehead atoms. The number of hydrogen-bond acceptors (Lipinski definition) is 5. The van der Waals surface area contributed by atoms with Gasteiger partial charge in [-0.2, -0.15) is 0 Å². The number of rotatable bonds is 4. The van der Waals surface area contributed by atoms with E-state index in [1.54, 1.807) is 0 Å². The van der Waals surface area contributed by atoms with Crippen molar-refractivity contribution in [2.45, 2.75) is 25.2 Å². The van der Waals surface area contributed by atoms with Gasteiger partial charge in [0.1, 0.15) is 0 Å². The number of sulfone groups is 1. The smallest absolute Gasteiger partial charge is 0.220 e. The normalized spacial score (nSPS) is 23.7. The van der Waals surface area contributed by atoms with E-state index in [-0.39, 0.29) is 17.4 Å². The molecule has 1 unspecified atom stereocenters. The summed E-state index contributed by atoms with van der Waals surface area (Å²) in [6, 6.07) is 0. The van der Waals surface area contributed by atoms with Gasteiger partial charge in [0.05, 0.1) is 17.4 Å². The first-order valence-corrected chi connectivity index (χ1v) is 7.55. The van der Waals surface area contributed by atoms with Gasteiger partial charge < -0.3 is 4.42 Å². The van der Waals surface area contributed by atoms with E-state index in [0.717, 1.165) is 6.42 Å². The van der Waals surface area contributed by atoms with Crippen LogP contribution in [0, 0.1) is 0 Å². The monoisotopic (exact) mass is 264 g/mol. The zero-order valence-electron chi connectivity index (χ0n) is 8.73. The minimum Gasteiger partial charge on any atom is -0.425 e. The fraction of sp³-hybridized carbons (Fsp3) is 0.778. The number of halogens is 1. The molecule has 1 aromatic rings. The Balaban J connectivity index is 2.02. The Bertz CT molecular complexity index is 457. The third-order valence-electron chi connectivity index (χ3n) is 2.59. The largest absolute Gasteiger partial charge is 0.425 e. The highest BCUT2D eigenvalue weighted by Gasteiger charge is 2.32. The number of aryl methyl sites for hydroxylation is 1. The lowest BCUT2D eigenvalue weighted by atomic mass is 10.1. The van der Waals surface area contributed by atoms with Gasteiger partial charge in [-0.05, 0) is 12.8 Å². The Morgan fingerprint density at radius 3 is 2.88 bits per heavy atom. The summed E-state index contributed by atoms with van der Waals surface area (Å²) in [6.45, 7) is 0. The van der Waals surface area contributed by atoms with Gasteiger partial charge in [0.2, 0.25) is 11.8 Å². The van der Waals surface area contributed by atoms with E-state index in [2.05, 4.69) is 10.2 Å². The molecule has 90 valence electrons. The van der Waals surface area contributed by atoms with Crippen molar-refractivity contribution < 1.29 is 12.8 Å². The first-order valence-electron chi connectivity index (χ1n) is 5.19. The minimum atomic E-state index is -2.90. The van der Waals surface area contributed by atoms with Gasteiger partial charge in [-0.1, -0.05) is 0 Å². The van der Waals surface area contributed by atoms with E-state index in [4.69, 9.17) is 16.0 Å². The molecule has 0 radical (unpaired) electrons. The van der Waals surface area contributed by atoms with Crippen molar-refractivity contribution in [1.29, 1.82) is 0 Å². The molecule has 0 aliphatic carbocycles. The highest BCUT2D eigenvalue weighted by atomic mass is 35.5. The summed E-state index contributed by atoms with van der Waals surface area (Å²) in [6.07, 6.45) is 2.02. The zero-order chi connectivity index (χ0) is 11.6. The highest BCUT2D eigenvalue weighted by Crippen LogP contribution is 2.27. The molecule has 0 spiro atoms. The van der Waals surface area contributed by atoms with Gasteiger partial charge in [-0.3, -0.25) is 0 Å². The van der Waals surface area contributed by atoms with Gasteiger partial charge in [0.15, 0.2) is 9.84 Å². The van der Waals surface area contributed by atoms with Crippen LogP contribution >= 0.6 is 11.6 Å². The van der Waals surface area contributed by atoms with Crippen molar-refractivity contribution in [1.82, 2.24) is 10.2 Å². The van der Waals surface area contributed by atoms with Crippen molar-refractivity contribution in [3.8, 4) is 0 Å². The molecule has 0 aromatic carbocycles. The van der Waals surface area contributed by atoms with Crippen molar-refractivity contribution in [3.05, 3.63) is 11.8 Å². The van der Waals surface area contributed by atoms with E-state index < -0.39 is 9.84 Å². The van der Waals surface area contributed by atoms with Crippen LogP contribution in [0.2, 0.25) is 0 Å². The molecule has 7 heteroatoms. The Morgan fingerprint density at radius 1 is 1.44 bits per heavy atom. The lowest BCUT2D eigenvalue weighted by Crippen LogP contribution is -2.03. The zero-order valence-corrected chi connectivity index (χ0v) is 10.3. The molecule has 5 nitrogen and oxygen atoms in total. The fourth-order valence-electron chi connectivity index (χ4n) is 1.74. The summed E-state index contributed by atoms with van der Waals surface area (Å²) in [4.78, 5) is 0. The van der Waals surface area contributed by atoms with Crippen LogP contribution in [0.4, 0.5) is 0 Å². The molecule has 1 aliphatic rings. The minimum absolute atomic E-state index is 0.123. The molecular formula is C9H13ClN2O3S. The second-order valence-electron chi connectivity index (χ2n) is 3.93. The summed E-state index contributed by atoms with van der Waals surface area (Å²) in [5, 5.41) is 7.77. The van der Waals surface area contributed by atoms with Gasteiger partial charge >= 0.3 is 0 Å². The Kier molecular flexibility index (Phi) is 3.49. The van der Waals surface area contributed by atoms with Crippen molar-refractivity contribution >= 4 is 21.4 Å². The molecule has 16 heavy (non-hydrogen) atoms. The maximum atomic E-state index is 11.3. The maximum absolute atomic E-state index is 11.3. The Hall–Kier alpha value is -0.620. The molecule has 0 saturated carbocycles. The van der Waals surface area contributed by atoms with Crippen molar-refractivity contribution in [2.75, 3.05) is 17.4 Å². The van der Waals surface area contributed by atoms with Crippen LogP contribution in [0.3, 0.4) is 0 Å². The molecule has 2 heterocycles. The first-order chi connectivity index (χ1) is 7.61. The molecule has 1 aliphatic heterocycles. The van der Waals surface area contributed by atoms with Crippen LogP contribution < -0.4 is 0 Å². The van der Waals surface area contributed by atoms with Gasteiger partial charge in [0, 0.05) is 12.3 Å². The summed E-state index contributed by atoms with van der Waals surface area (Å²) >= 11 is 5.55. The van der Waals surface area contributed by atoms with Crippen molar-refractivity contribution in [3.63, 3.8) is 0 Å². The molecule has 0 N–H and O–H groups in total. The van der Waals surface area contributed by atoms with Crippen LogP contribution in [0.25, 0.3) is 0 Å². The Morgan fingerprint density at radius 2 is 2.25 bits per heavy atom. The van der Waals surface area contributed by atoms with Gasteiger partial charge in [-0.25, -0.2) is 8.42 Å². The number of aromatic nitrogens is 2. The van der Waals surface area contributed by atoms with Gasteiger partial charge in [-0.15, -0.1) is 21.8 Å². The predicted molar refractivity (Wildman–Crippen MR) is 59.4 cm³/mol. The average Bonchev–Trinajstić information content (AvgIpc) is 2.81. The molecule has 1 saturated heterocycles. The van der Waals surface area contributed by atoms with Gasteiger partial charge in [0.25, 0.3) is 0 Å². The van der Waals surface area contributed by atoms with Crippen LogP contribution in [0.1, 0.15) is 30.5 Å². The van der Waals surface area contributed by atoms with Crippen LogP contribution in [-0.2, 0) is 16.3 Å². The van der Waals surface area contributed by atoms with Crippen LogP contribution in [0.15, 0.2) is 4.42 Å². The third-order valence-corrected chi connectivity index (χ3v) is 4.62. The maximum Gasteiger partial charge on any atom is 0.220 e. The first kappa shape index (κ1) is 11.9. The third kappa shape index (κ3) is 2.74. The number of nitrogens with zero attached hydrogens (tertiary/aromatic N) is 2. The summed E-state index contributed by atoms with van der Waals surface area (Å²) in [5.74, 6) is 1.77. The second kappa shape index (κ2) is 4.71. The van der Waals surface area contributed by atoms with Crippen LogP contribution in [0.5, 0.6) is 0 Å². The molecule has 0 amide bonds. The number of alkyl halides is 1. The molecule has 1 fully saturated rings. The molecule has 2 rings (SSSR count). The standard InChI is InChI=1S/C9H13ClN2O3S/c10-4-1-2-8-11-12-9(15-8)7-3-5-16(13,14)6-7/h7H,1-6H2.